The summed E-state index contributed by atoms with van der Waals surface area (Å²) < 4.78 is 12.5. The van der Waals surface area contributed by atoms with E-state index in [1.165, 1.54) is 11.8 Å². The van der Waals surface area contributed by atoms with Crippen LogP contribution in [0, 0.1) is 0 Å². The van der Waals surface area contributed by atoms with Crippen molar-refractivity contribution >= 4 is 30.0 Å². The minimum Gasteiger partial charge on any atom is -0.497 e. The minimum absolute atomic E-state index is 0.126. The van der Waals surface area contributed by atoms with Crippen LogP contribution in [0.3, 0.4) is 0 Å². The zero-order valence-corrected chi connectivity index (χ0v) is 19.5. The summed E-state index contributed by atoms with van der Waals surface area (Å²) in [4.78, 5) is 12.4. The Hall–Kier alpha value is -4.11. The van der Waals surface area contributed by atoms with E-state index in [0.717, 1.165) is 28.3 Å². The van der Waals surface area contributed by atoms with E-state index in [0.29, 0.717) is 11.0 Å². The molecule has 0 atom stereocenters. The third-order valence-electron chi connectivity index (χ3n) is 4.70. The topological polar surface area (TPSA) is 94.5 Å². The monoisotopic (exact) mass is 473 g/mol. The Kier molecular flexibility index (Phi) is 7.56. The molecule has 2 aromatic carbocycles. The van der Waals surface area contributed by atoms with Crippen molar-refractivity contribution in [3.63, 3.8) is 0 Å². The molecule has 4 rings (SSSR count). The predicted molar refractivity (Wildman–Crippen MR) is 133 cm³/mol. The number of aromatic nitrogens is 3. The van der Waals surface area contributed by atoms with Crippen LogP contribution in [0.5, 0.6) is 5.75 Å². The molecule has 0 spiro atoms. The average molecular weight is 474 g/mol. The Bertz CT molecular complexity index is 1280. The Balaban J connectivity index is 1.47. The second kappa shape index (κ2) is 11.2. The van der Waals surface area contributed by atoms with E-state index in [-0.39, 0.29) is 11.7 Å². The zero-order chi connectivity index (χ0) is 23.8. The molecule has 0 saturated carbocycles. The number of benzene rings is 2. The first-order valence-corrected chi connectivity index (χ1v) is 11.4. The van der Waals surface area contributed by atoms with Crippen molar-refractivity contribution in [3.05, 3.63) is 84.3 Å². The van der Waals surface area contributed by atoms with E-state index in [4.69, 9.17) is 9.15 Å². The van der Waals surface area contributed by atoms with E-state index in [2.05, 4.69) is 20.7 Å². The molecule has 0 saturated heterocycles. The van der Waals surface area contributed by atoms with E-state index < -0.39 is 0 Å². The lowest BCUT2D eigenvalue weighted by molar-refractivity contribution is -0.118. The van der Waals surface area contributed by atoms with E-state index in [9.17, 15) is 4.79 Å². The fraction of sp³-hybridized carbons (Fsp3) is 0.120. The number of carbonyl (C=O) groups is 1. The first kappa shape index (κ1) is 23.1. The number of allylic oxidation sites excluding steroid dienone is 1. The van der Waals surface area contributed by atoms with Gasteiger partial charge in [-0.1, -0.05) is 42.1 Å². The Labute approximate surface area is 201 Å². The molecule has 34 heavy (non-hydrogen) atoms. The molecule has 0 radical (unpaired) electrons. The molecule has 0 unspecified atom stereocenters. The molecule has 2 aromatic heterocycles. The summed E-state index contributed by atoms with van der Waals surface area (Å²) in [5.41, 5.74) is 5.17. The molecule has 0 bridgehead atoms. The normalized spacial score (nSPS) is 11.6. The molecule has 0 aliphatic carbocycles. The predicted octanol–water partition coefficient (Wildman–Crippen LogP) is 4.83. The zero-order valence-electron chi connectivity index (χ0n) is 18.7. The third-order valence-corrected chi connectivity index (χ3v) is 5.63. The van der Waals surface area contributed by atoms with Gasteiger partial charge in [-0.3, -0.25) is 9.36 Å². The van der Waals surface area contributed by atoms with Gasteiger partial charge in [0.1, 0.15) is 11.5 Å². The van der Waals surface area contributed by atoms with Crippen LogP contribution in [0.4, 0.5) is 0 Å². The molecular weight excluding hydrogens is 450 g/mol. The van der Waals surface area contributed by atoms with Gasteiger partial charge in [0.05, 0.1) is 25.3 Å². The van der Waals surface area contributed by atoms with Gasteiger partial charge in [-0.05, 0) is 55.0 Å². The average Bonchev–Trinajstić information content (AvgIpc) is 3.53. The number of hydrogen-bond acceptors (Lipinski definition) is 7. The highest BCUT2D eigenvalue weighted by Crippen LogP contribution is 2.28. The lowest BCUT2D eigenvalue weighted by atomic mass is 10.2. The Morgan fingerprint density at radius 2 is 1.91 bits per heavy atom. The van der Waals surface area contributed by atoms with Gasteiger partial charge in [-0.25, -0.2) is 5.43 Å². The molecule has 1 amide bonds. The maximum absolute atomic E-state index is 12.4. The summed E-state index contributed by atoms with van der Waals surface area (Å²) in [6, 6.07) is 21.0. The molecule has 1 N–H and O–H groups in total. The molecule has 8 nitrogen and oxygen atoms in total. The first-order chi connectivity index (χ1) is 16.6. The second-order valence-corrected chi connectivity index (χ2v) is 8.13. The van der Waals surface area contributed by atoms with Crippen molar-refractivity contribution in [2.75, 3.05) is 12.9 Å². The van der Waals surface area contributed by atoms with Crippen molar-refractivity contribution in [3.8, 4) is 22.8 Å². The summed E-state index contributed by atoms with van der Waals surface area (Å²) in [6.07, 6.45) is 4.99. The maximum Gasteiger partial charge on any atom is 0.250 e. The number of rotatable bonds is 9. The number of thioether (sulfide) groups is 1. The maximum atomic E-state index is 12.4. The number of hydrazone groups is 1. The van der Waals surface area contributed by atoms with Gasteiger partial charge in [0.25, 0.3) is 5.91 Å². The van der Waals surface area contributed by atoms with Gasteiger partial charge in [-0.15, -0.1) is 10.2 Å². The molecule has 9 heteroatoms. The lowest BCUT2D eigenvalue weighted by Gasteiger charge is -2.11. The standard InChI is InChI=1S/C25H23N5O3S/c1-18(15-22-9-6-14-33-22)16-26-27-23(31)17-34-25-29-28-24(19-7-4-3-5-8-19)30(25)20-10-12-21(32-2)13-11-20/h3-16H,17H2,1-2H3,(H,27,31). The van der Waals surface area contributed by atoms with Gasteiger partial charge >= 0.3 is 0 Å². The number of amides is 1. The third kappa shape index (κ3) is 5.81. The highest BCUT2D eigenvalue weighted by atomic mass is 32.2. The van der Waals surface area contributed by atoms with Crippen LogP contribution < -0.4 is 10.2 Å². The van der Waals surface area contributed by atoms with E-state index >= 15 is 0 Å². The molecule has 4 aromatic rings. The number of carbonyl (C=O) groups excluding carboxylic acids is 1. The number of nitrogens with one attached hydrogen (secondary N) is 1. The molecule has 2 heterocycles. The van der Waals surface area contributed by atoms with Crippen LogP contribution in [0.2, 0.25) is 0 Å². The molecule has 172 valence electrons. The van der Waals surface area contributed by atoms with Crippen molar-refractivity contribution in [2.45, 2.75) is 12.1 Å². The van der Waals surface area contributed by atoms with Crippen molar-refractivity contribution in [2.24, 2.45) is 5.10 Å². The number of methoxy groups -OCH3 is 1. The number of hydrogen-bond donors (Lipinski definition) is 1. The van der Waals surface area contributed by atoms with Gasteiger partial charge in [0.2, 0.25) is 0 Å². The van der Waals surface area contributed by atoms with Crippen molar-refractivity contribution in [1.82, 2.24) is 20.2 Å². The smallest absolute Gasteiger partial charge is 0.250 e. The molecule has 0 aliphatic heterocycles. The number of ether oxygens (including phenoxy) is 1. The molecule has 0 fully saturated rings. The van der Waals surface area contributed by atoms with Gasteiger partial charge in [0, 0.05) is 11.3 Å². The summed E-state index contributed by atoms with van der Waals surface area (Å²) >= 11 is 1.28. The van der Waals surface area contributed by atoms with Crippen LogP contribution in [0.25, 0.3) is 23.2 Å². The fourth-order valence-corrected chi connectivity index (χ4v) is 3.85. The SMILES string of the molecule is COc1ccc(-n2c(SCC(=O)NN=CC(C)=Cc3ccco3)nnc2-c2ccccc2)cc1. The Morgan fingerprint density at radius 3 is 2.62 bits per heavy atom. The van der Waals surface area contributed by atoms with Crippen LogP contribution in [0.15, 0.2) is 93.2 Å². The summed E-state index contributed by atoms with van der Waals surface area (Å²) in [7, 11) is 1.62. The van der Waals surface area contributed by atoms with Crippen LogP contribution in [-0.4, -0.2) is 39.7 Å². The van der Waals surface area contributed by atoms with Crippen LogP contribution in [-0.2, 0) is 4.79 Å². The van der Waals surface area contributed by atoms with E-state index in [1.807, 2.05) is 84.3 Å². The summed E-state index contributed by atoms with van der Waals surface area (Å²) in [5, 5.41) is 13.3. The highest BCUT2D eigenvalue weighted by Gasteiger charge is 2.17. The molecule has 0 aliphatic rings. The second-order valence-electron chi connectivity index (χ2n) is 7.19. The molecular formula is C25H23N5O3S. The summed E-state index contributed by atoms with van der Waals surface area (Å²) in [6.45, 7) is 1.87. The van der Waals surface area contributed by atoms with E-state index in [1.54, 1.807) is 19.6 Å². The van der Waals surface area contributed by atoms with Gasteiger partial charge < -0.3 is 9.15 Å². The minimum atomic E-state index is -0.252. The first-order valence-electron chi connectivity index (χ1n) is 10.5. The van der Waals surface area contributed by atoms with Crippen molar-refractivity contribution in [1.29, 1.82) is 0 Å². The van der Waals surface area contributed by atoms with Gasteiger partial charge in [-0.2, -0.15) is 5.10 Å². The highest BCUT2D eigenvalue weighted by molar-refractivity contribution is 7.99. The Morgan fingerprint density at radius 1 is 1.12 bits per heavy atom. The van der Waals surface area contributed by atoms with Crippen molar-refractivity contribution < 1.29 is 13.9 Å². The largest absolute Gasteiger partial charge is 0.497 e. The lowest BCUT2D eigenvalue weighted by Crippen LogP contribution is -2.20. The van der Waals surface area contributed by atoms with Gasteiger partial charge in [0.15, 0.2) is 11.0 Å². The van der Waals surface area contributed by atoms with Crippen LogP contribution >= 0.6 is 11.8 Å². The summed E-state index contributed by atoms with van der Waals surface area (Å²) in [5.74, 6) is 2.03. The quantitative estimate of drug-likeness (QED) is 0.212. The number of furan rings is 1. The number of nitrogens with zero attached hydrogens (tertiary/aromatic N) is 4. The fourth-order valence-electron chi connectivity index (χ4n) is 3.11. The van der Waals surface area contributed by atoms with Crippen LogP contribution in [0.1, 0.15) is 12.7 Å².